The molecule has 2 rings (SSSR count). The molecule has 0 aliphatic carbocycles. The van der Waals surface area contributed by atoms with E-state index < -0.39 is 12.1 Å². The lowest BCUT2D eigenvalue weighted by Crippen LogP contribution is -2.48. The van der Waals surface area contributed by atoms with Gasteiger partial charge in [-0.1, -0.05) is 30.3 Å². The highest BCUT2D eigenvalue weighted by molar-refractivity contribution is 5.98. The van der Waals surface area contributed by atoms with Crippen molar-refractivity contribution in [2.75, 3.05) is 13.2 Å². The predicted octanol–water partition coefficient (Wildman–Crippen LogP) is 0.308. The van der Waals surface area contributed by atoms with Crippen LogP contribution in [0.4, 0.5) is 4.79 Å². The van der Waals surface area contributed by atoms with Crippen LogP contribution in [0.3, 0.4) is 0 Å². The summed E-state index contributed by atoms with van der Waals surface area (Å²) < 4.78 is 5.45. The fraction of sp³-hybridized carbons (Fsp3) is 0.400. The molecule has 118 valence electrons. The number of benzene rings is 1. The number of urea groups is 1. The van der Waals surface area contributed by atoms with E-state index in [2.05, 4.69) is 16.0 Å². The molecule has 22 heavy (non-hydrogen) atoms. The molecule has 1 fully saturated rings. The van der Waals surface area contributed by atoms with Gasteiger partial charge in [-0.05, 0) is 12.0 Å². The molecule has 1 saturated heterocycles. The number of amides is 4. The van der Waals surface area contributed by atoms with Crippen molar-refractivity contribution in [2.24, 2.45) is 0 Å². The van der Waals surface area contributed by atoms with Crippen LogP contribution < -0.4 is 16.0 Å². The Labute approximate surface area is 128 Å². The molecule has 7 nitrogen and oxygen atoms in total. The van der Waals surface area contributed by atoms with Crippen molar-refractivity contribution in [3.8, 4) is 0 Å². The average Bonchev–Trinajstić information content (AvgIpc) is 2.68. The molecule has 0 unspecified atom stereocenters. The number of hydrogen-bond donors (Lipinski definition) is 3. The number of hydrogen-bond acceptors (Lipinski definition) is 4. The van der Waals surface area contributed by atoms with Crippen molar-refractivity contribution in [3.05, 3.63) is 35.9 Å². The molecule has 0 aromatic heterocycles. The number of rotatable bonds is 6. The molecule has 1 aliphatic rings. The van der Waals surface area contributed by atoms with Crippen molar-refractivity contribution in [2.45, 2.75) is 25.5 Å². The molecule has 1 aliphatic heterocycles. The van der Waals surface area contributed by atoms with Crippen LogP contribution in [0, 0.1) is 0 Å². The molecule has 4 amide bonds. The summed E-state index contributed by atoms with van der Waals surface area (Å²) in [6, 6.07) is 8.40. The molecule has 3 N–H and O–H groups in total. The van der Waals surface area contributed by atoms with Gasteiger partial charge in [0.05, 0.1) is 13.2 Å². The summed E-state index contributed by atoms with van der Waals surface area (Å²) in [5, 5.41) is 7.26. The number of imide groups is 1. The van der Waals surface area contributed by atoms with Crippen molar-refractivity contribution in [3.63, 3.8) is 0 Å². The van der Waals surface area contributed by atoms with Gasteiger partial charge in [-0.3, -0.25) is 14.9 Å². The Morgan fingerprint density at radius 1 is 1.27 bits per heavy atom. The first-order valence-corrected chi connectivity index (χ1v) is 7.15. The van der Waals surface area contributed by atoms with Crippen molar-refractivity contribution in [1.29, 1.82) is 0 Å². The van der Waals surface area contributed by atoms with Crippen LogP contribution in [-0.4, -0.2) is 37.0 Å². The molecule has 1 heterocycles. The minimum atomic E-state index is -0.694. The standard InChI is InChI=1S/C15H19N3O4/c19-13-7-6-12(17-15(21)18-13)14(20)16-8-9-22-10-11-4-2-1-3-5-11/h1-5,12H,6-10H2,(H,16,20)(H2,17,18,19,21)/t12-/m1/s1. The number of carbonyl (C=O) groups is 3. The first-order valence-electron chi connectivity index (χ1n) is 7.15. The highest BCUT2D eigenvalue weighted by Gasteiger charge is 2.25. The SMILES string of the molecule is O=C1CC[C@H](C(=O)NCCOCc2ccccc2)NC(=O)N1. The second-order valence-corrected chi connectivity index (χ2v) is 4.94. The van der Waals surface area contributed by atoms with Gasteiger partial charge in [0.1, 0.15) is 6.04 Å². The summed E-state index contributed by atoms with van der Waals surface area (Å²) in [6.45, 7) is 1.20. The van der Waals surface area contributed by atoms with E-state index in [9.17, 15) is 14.4 Å². The van der Waals surface area contributed by atoms with Gasteiger partial charge >= 0.3 is 6.03 Å². The monoisotopic (exact) mass is 305 g/mol. The fourth-order valence-corrected chi connectivity index (χ4v) is 2.06. The molecular formula is C15H19N3O4. The first-order chi connectivity index (χ1) is 10.6. The largest absolute Gasteiger partial charge is 0.375 e. The molecule has 0 saturated carbocycles. The smallest absolute Gasteiger partial charge is 0.322 e. The molecule has 0 bridgehead atoms. The molecule has 1 aromatic rings. The molecule has 1 atom stereocenters. The Hall–Kier alpha value is -2.41. The summed E-state index contributed by atoms with van der Waals surface area (Å²) in [5.41, 5.74) is 1.06. The Bertz CT molecular complexity index is 533. The van der Waals surface area contributed by atoms with Gasteiger partial charge in [-0.15, -0.1) is 0 Å². The topological polar surface area (TPSA) is 96.5 Å². The number of carbonyl (C=O) groups excluding carboxylic acids is 3. The molecule has 0 spiro atoms. The Balaban J connectivity index is 1.65. The van der Waals surface area contributed by atoms with E-state index in [0.717, 1.165) is 5.56 Å². The third-order valence-corrected chi connectivity index (χ3v) is 3.19. The van der Waals surface area contributed by atoms with Crippen molar-refractivity contribution < 1.29 is 19.1 Å². The van der Waals surface area contributed by atoms with Gasteiger partial charge in [-0.25, -0.2) is 4.79 Å². The molecule has 7 heteroatoms. The van der Waals surface area contributed by atoms with Gasteiger partial charge < -0.3 is 15.4 Å². The Morgan fingerprint density at radius 2 is 2.05 bits per heavy atom. The van der Waals surface area contributed by atoms with Crippen LogP contribution in [0.2, 0.25) is 0 Å². The van der Waals surface area contributed by atoms with Gasteiger partial charge in [-0.2, -0.15) is 0 Å². The summed E-state index contributed by atoms with van der Waals surface area (Å²) in [6.07, 6.45) is 0.426. The lowest BCUT2D eigenvalue weighted by Gasteiger charge is -2.14. The predicted molar refractivity (Wildman–Crippen MR) is 78.8 cm³/mol. The van der Waals surface area contributed by atoms with E-state index >= 15 is 0 Å². The van der Waals surface area contributed by atoms with Gasteiger partial charge in [0.25, 0.3) is 0 Å². The van der Waals surface area contributed by atoms with Crippen LogP contribution in [0.1, 0.15) is 18.4 Å². The van der Waals surface area contributed by atoms with E-state index in [1.54, 1.807) is 0 Å². The third-order valence-electron chi connectivity index (χ3n) is 3.19. The summed E-state index contributed by atoms with van der Waals surface area (Å²) in [5.74, 6) is -0.688. The second kappa shape index (κ2) is 8.14. The number of nitrogens with one attached hydrogen (secondary N) is 3. The molecule has 1 aromatic carbocycles. The van der Waals surface area contributed by atoms with Crippen molar-refractivity contribution >= 4 is 17.8 Å². The average molecular weight is 305 g/mol. The van der Waals surface area contributed by atoms with Crippen LogP contribution in [-0.2, 0) is 20.9 Å². The van der Waals surface area contributed by atoms with E-state index in [1.807, 2.05) is 30.3 Å². The van der Waals surface area contributed by atoms with Gasteiger partial charge in [0, 0.05) is 13.0 Å². The maximum Gasteiger partial charge on any atom is 0.322 e. The maximum absolute atomic E-state index is 11.9. The quantitative estimate of drug-likeness (QED) is 0.659. The van der Waals surface area contributed by atoms with E-state index in [-0.39, 0.29) is 24.7 Å². The normalized spacial score (nSPS) is 18.1. The van der Waals surface area contributed by atoms with Crippen molar-refractivity contribution in [1.82, 2.24) is 16.0 Å². The minimum absolute atomic E-state index is 0.140. The highest BCUT2D eigenvalue weighted by Crippen LogP contribution is 2.02. The Morgan fingerprint density at radius 3 is 2.82 bits per heavy atom. The molecular weight excluding hydrogens is 286 g/mol. The van der Waals surface area contributed by atoms with E-state index in [1.165, 1.54) is 0 Å². The maximum atomic E-state index is 11.9. The van der Waals surface area contributed by atoms with Crippen LogP contribution in [0.25, 0.3) is 0 Å². The van der Waals surface area contributed by atoms with Crippen LogP contribution in [0.5, 0.6) is 0 Å². The lowest BCUT2D eigenvalue weighted by molar-refractivity contribution is -0.123. The zero-order valence-corrected chi connectivity index (χ0v) is 12.1. The first kappa shape index (κ1) is 16.0. The fourth-order valence-electron chi connectivity index (χ4n) is 2.06. The number of ether oxygens (including phenoxy) is 1. The Kier molecular flexibility index (Phi) is 5.91. The third kappa shape index (κ3) is 5.17. The van der Waals surface area contributed by atoms with Crippen LogP contribution in [0.15, 0.2) is 30.3 Å². The summed E-state index contributed by atoms with van der Waals surface area (Å²) in [4.78, 5) is 34.4. The second-order valence-electron chi connectivity index (χ2n) is 4.94. The summed E-state index contributed by atoms with van der Waals surface area (Å²) >= 11 is 0. The van der Waals surface area contributed by atoms with E-state index in [4.69, 9.17) is 4.74 Å². The van der Waals surface area contributed by atoms with Gasteiger partial charge in [0.15, 0.2) is 0 Å². The van der Waals surface area contributed by atoms with Gasteiger partial charge in [0.2, 0.25) is 11.8 Å². The minimum Gasteiger partial charge on any atom is -0.375 e. The summed E-state index contributed by atoms with van der Waals surface area (Å²) in [7, 11) is 0. The molecule has 0 radical (unpaired) electrons. The van der Waals surface area contributed by atoms with E-state index in [0.29, 0.717) is 19.8 Å². The van der Waals surface area contributed by atoms with Crippen LogP contribution >= 0.6 is 0 Å². The lowest BCUT2D eigenvalue weighted by atomic mass is 10.1. The zero-order valence-electron chi connectivity index (χ0n) is 12.1. The zero-order chi connectivity index (χ0) is 15.8. The highest BCUT2D eigenvalue weighted by atomic mass is 16.5.